The zero-order valence-electron chi connectivity index (χ0n) is 13.4. The maximum atomic E-state index is 3.68. The molecule has 0 saturated carbocycles. The fraction of sp³-hybridized carbons (Fsp3) is 0.647. The second kappa shape index (κ2) is 7.21. The molecule has 0 bridgehead atoms. The Morgan fingerprint density at radius 1 is 1.15 bits per heavy atom. The number of hydrogen-bond donors (Lipinski definition) is 1. The van der Waals surface area contributed by atoms with Gasteiger partial charge in [0.15, 0.2) is 0 Å². The molecule has 1 aromatic rings. The second-order valence-corrected chi connectivity index (χ2v) is 6.14. The van der Waals surface area contributed by atoms with Crippen LogP contribution in [0.2, 0.25) is 0 Å². The molecule has 0 aliphatic heterocycles. The number of hydrogen-bond acceptors (Lipinski definition) is 3. The molecule has 0 spiro atoms. The van der Waals surface area contributed by atoms with E-state index in [0.29, 0.717) is 12.1 Å². The third-order valence-corrected chi connectivity index (χ3v) is 4.31. The molecule has 0 amide bonds. The predicted molar refractivity (Wildman–Crippen MR) is 86.2 cm³/mol. The Balaban J connectivity index is 2.00. The van der Waals surface area contributed by atoms with E-state index in [1.54, 1.807) is 0 Å². The van der Waals surface area contributed by atoms with E-state index >= 15 is 0 Å². The van der Waals surface area contributed by atoms with Crippen molar-refractivity contribution in [3.63, 3.8) is 0 Å². The normalized spacial score (nSPS) is 21.7. The Bertz CT molecular complexity index is 416. The summed E-state index contributed by atoms with van der Waals surface area (Å²) < 4.78 is 0. The first-order valence-corrected chi connectivity index (χ1v) is 7.79. The molecule has 20 heavy (non-hydrogen) atoms. The summed E-state index contributed by atoms with van der Waals surface area (Å²) in [6.07, 6.45) is 2.40. The summed E-state index contributed by atoms with van der Waals surface area (Å²) in [5.41, 5.74) is 3.02. The molecule has 0 aromatic heterocycles. The lowest BCUT2D eigenvalue weighted by Crippen LogP contribution is -2.41. The van der Waals surface area contributed by atoms with E-state index in [1.807, 2.05) is 0 Å². The zero-order valence-corrected chi connectivity index (χ0v) is 13.4. The van der Waals surface area contributed by atoms with Crippen LogP contribution in [0.3, 0.4) is 0 Å². The highest BCUT2D eigenvalue weighted by Gasteiger charge is 2.33. The molecule has 0 heterocycles. The first kappa shape index (κ1) is 15.5. The van der Waals surface area contributed by atoms with E-state index in [0.717, 1.165) is 13.1 Å². The van der Waals surface area contributed by atoms with E-state index in [-0.39, 0.29) is 0 Å². The van der Waals surface area contributed by atoms with Crippen LogP contribution in [0.5, 0.6) is 0 Å². The smallest absolute Gasteiger partial charge is 0.0483 e. The predicted octanol–water partition coefficient (Wildman–Crippen LogP) is 2.15. The van der Waals surface area contributed by atoms with Gasteiger partial charge in [-0.3, -0.25) is 0 Å². The van der Waals surface area contributed by atoms with Gasteiger partial charge in [-0.15, -0.1) is 0 Å². The van der Waals surface area contributed by atoms with Crippen molar-refractivity contribution in [2.45, 2.75) is 31.8 Å². The minimum atomic E-state index is 0.487. The molecule has 3 heteroatoms. The maximum Gasteiger partial charge on any atom is 0.0483 e. The summed E-state index contributed by atoms with van der Waals surface area (Å²) in [5.74, 6) is 0. The lowest BCUT2D eigenvalue weighted by molar-refractivity contribution is 0.196. The van der Waals surface area contributed by atoms with Crippen molar-refractivity contribution in [1.29, 1.82) is 0 Å². The van der Waals surface area contributed by atoms with Crippen LogP contribution in [0.25, 0.3) is 0 Å². The standard InChI is InChI=1S/C17H29N3/c1-5-18-17-15-10-7-6-9-14(15)13-16(17)20(4)12-8-11-19(2)3/h6-7,9-10,16-18H,5,8,11-13H2,1-4H3. The first-order chi connectivity index (χ1) is 9.63. The van der Waals surface area contributed by atoms with Gasteiger partial charge < -0.3 is 15.1 Å². The highest BCUT2D eigenvalue weighted by Crippen LogP contribution is 2.33. The zero-order chi connectivity index (χ0) is 14.5. The molecule has 0 saturated heterocycles. The van der Waals surface area contributed by atoms with Crippen molar-refractivity contribution in [3.8, 4) is 0 Å². The van der Waals surface area contributed by atoms with E-state index in [4.69, 9.17) is 0 Å². The molecule has 2 rings (SSSR count). The number of nitrogens with one attached hydrogen (secondary N) is 1. The van der Waals surface area contributed by atoms with E-state index in [9.17, 15) is 0 Å². The van der Waals surface area contributed by atoms with Gasteiger partial charge in [0.2, 0.25) is 0 Å². The Labute approximate surface area is 124 Å². The summed E-state index contributed by atoms with van der Waals surface area (Å²) in [6, 6.07) is 9.98. The van der Waals surface area contributed by atoms with E-state index in [1.165, 1.54) is 30.5 Å². The first-order valence-electron chi connectivity index (χ1n) is 7.79. The highest BCUT2D eigenvalue weighted by atomic mass is 15.2. The molecule has 1 N–H and O–H groups in total. The van der Waals surface area contributed by atoms with Crippen LogP contribution >= 0.6 is 0 Å². The van der Waals surface area contributed by atoms with Crippen LogP contribution in [0.1, 0.15) is 30.5 Å². The summed E-state index contributed by atoms with van der Waals surface area (Å²) in [7, 11) is 6.57. The highest BCUT2D eigenvalue weighted by molar-refractivity contribution is 5.37. The van der Waals surface area contributed by atoms with Gasteiger partial charge in [-0.1, -0.05) is 31.2 Å². The van der Waals surface area contributed by atoms with Crippen LogP contribution in [0.15, 0.2) is 24.3 Å². The summed E-state index contributed by atoms with van der Waals surface area (Å²) in [6.45, 7) is 5.56. The number of benzene rings is 1. The van der Waals surface area contributed by atoms with Crippen molar-refractivity contribution >= 4 is 0 Å². The third kappa shape index (κ3) is 3.60. The fourth-order valence-electron chi connectivity index (χ4n) is 3.25. The lowest BCUT2D eigenvalue weighted by Gasteiger charge is -2.30. The van der Waals surface area contributed by atoms with Crippen LogP contribution in [-0.4, -0.2) is 56.6 Å². The molecule has 2 unspecified atom stereocenters. The fourth-order valence-corrected chi connectivity index (χ4v) is 3.25. The Morgan fingerprint density at radius 2 is 1.90 bits per heavy atom. The molecule has 3 nitrogen and oxygen atoms in total. The number of rotatable bonds is 7. The van der Waals surface area contributed by atoms with Crippen molar-refractivity contribution in [3.05, 3.63) is 35.4 Å². The SMILES string of the molecule is CCNC1c2ccccc2CC1N(C)CCCN(C)C. The van der Waals surface area contributed by atoms with Crippen molar-refractivity contribution in [2.75, 3.05) is 40.8 Å². The van der Waals surface area contributed by atoms with Gasteiger partial charge in [-0.2, -0.15) is 0 Å². The van der Waals surface area contributed by atoms with Crippen LogP contribution < -0.4 is 5.32 Å². The van der Waals surface area contributed by atoms with Crippen LogP contribution in [0, 0.1) is 0 Å². The van der Waals surface area contributed by atoms with Crippen LogP contribution in [0.4, 0.5) is 0 Å². The average molecular weight is 275 g/mol. The Hall–Kier alpha value is -0.900. The van der Waals surface area contributed by atoms with Crippen molar-refractivity contribution in [1.82, 2.24) is 15.1 Å². The summed E-state index contributed by atoms with van der Waals surface area (Å²) in [5, 5.41) is 3.68. The Morgan fingerprint density at radius 3 is 2.60 bits per heavy atom. The van der Waals surface area contributed by atoms with Gasteiger partial charge in [-0.05, 0) is 64.7 Å². The number of fused-ring (bicyclic) bond motifs is 1. The molecular weight excluding hydrogens is 246 g/mol. The van der Waals surface area contributed by atoms with Gasteiger partial charge in [0.1, 0.15) is 0 Å². The minimum absolute atomic E-state index is 0.487. The average Bonchev–Trinajstić information content (AvgIpc) is 2.78. The maximum absolute atomic E-state index is 3.68. The number of likely N-dealkylation sites (N-methyl/N-ethyl adjacent to an activating group) is 2. The van der Waals surface area contributed by atoms with Gasteiger partial charge in [-0.25, -0.2) is 0 Å². The van der Waals surface area contributed by atoms with Crippen LogP contribution in [-0.2, 0) is 6.42 Å². The molecule has 0 fully saturated rings. The molecule has 1 aliphatic rings. The van der Waals surface area contributed by atoms with Crippen molar-refractivity contribution < 1.29 is 0 Å². The quantitative estimate of drug-likeness (QED) is 0.822. The molecule has 1 aliphatic carbocycles. The van der Waals surface area contributed by atoms with Gasteiger partial charge in [0.25, 0.3) is 0 Å². The van der Waals surface area contributed by atoms with Gasteiger partial charge in [0.05, 0.1) is 0 Å². The largest absolute Gasteiger partial charge is 0.309 e. The molecule has 0 radical (unpaired) electrons. The second-order valence-electron chi connectivity index (χ2n) is 6.14. The van der Waals surface area contributed by atoms with Crippen molar-refractivity contribution in [2.24, 2.45) is 0 Å². The van der Waals surface area contributed by atoms with Gasteiger partial charge in [0, 0.05) is 12.1 Å². The monoisotopic (exact) mass is 275 g/mol. The topological polar surface area (TPSA) is 18.5 Å². The van der Waals surface area contributed by atoms with E-state index in [2.05, 4.69) is 67.4 Å². The van der Waals surface area contributed by atoms with E-state index < -0.39 is 0 Å². The summed E-state index contributed by atoms with van der Waals surface area (Å²) >= 11 is 0. The molecular formula is C17H29N3. The molecule has 2 atom stereocenters. The Kier molecular flexibility index (Phi) is 5.58. The van der Waals surface area contributed by atoms with Gasteiger partial charge >= 0.3 is 0 Å². The lowest BCUT2D eigenvalue weighted by atomic mass is 10.1. The summed E-state index contributed by atoms with van der Waals surface area (Å²) in [4.78, 5) is 4.80. The molecule has 1 aromatic carbocycles. The third-order valence-electron chi connectivity index (χ3n) is 4.31. The minimum Gasteiger partial charge on any atom is -0.309 e. The number of nitrogens with zero attached hydrogens (tertiary/aromatic N) is 2. The molecule has 112 valence electrons.